The summed E-state index contributed by atoms with van der Waals surface area (Å²) in [4.78, 5) is 6.71. The molecule has 5 nitrogen and oxygen atoms in total. The highest BCUT2D eigenvalue weighted by Gasteiger charge is 2.34. The Kier molecular flexibility index (Phi) is 3.89. The van der Waals surface area contributed by atoms with Gasteiger partial charge in [0.15, 0.2) is 0 Å². The highest BCUT2D eigenvalue weighted by molar-refractivity contribution is 7.90. The van der Waals surface area contributed by atoms with Gasteiger partial charge >= 0.3 is 6.18 Å². The van der Waals surface area contributed by atoms with Gasteiger partial charge in [-0.05, 0) is 18.2 Å². The van der Waals surface area contributed by atoms with E-state index in [1.54, 1.807) is 0 Å². The molecule has 0 aliphatic carbocycles. The molecule has 114 valence electrons. The molecule has 1 aromatic carbocycles. The van der Waals surface area contributed by atoms with Crippen molar-refractivity contribution in [3.63, 3.8) is 0 Å². The van der Waals surface area contributed by atoms with Gasteiger partial charge in [0.05, 0.1) is 17.3 Å². The van der Waals surface area contributed by atoms with Crippen LogP contribution in [-0.2, 0) is 16.0 Å². The third-order valence-electron chi connectivity index (χ3n) is 2.62. The molecular formula is C13H8F3N3O2S. The minimum Gasteiger partial charge on any atom is -0.221 e. The second kappa shape index (κ2) is 5.38. The summed E-state index contributed by atoms with van der Waals surface area (Å²) in [6, 6.07) is 8.15. The number of alkyl halides is 3. The molecule has 0 amide bonds. The van der Waals surface area contributed by atoms with E-state index in [0.29, 0.717) is 6.07 Å². The van der Waals surface area contributed by atoms with Gasteiger partial charge in [0.25, 0.3) is 0 Å². The summed E-state index contributed by atoms with van der Waals surface area (Å²) in [7, 11) is -4.02. The van der Waals surface area contributed by atoms with Crippen LogP contribution >= 0.6 is 0 Å². The van der Waals surface area contributed by atoms with Crippen LogP contribution in [0.3, 0.4) is 0 Å². The Bertz CT molecular complexity index is 871. The van der Waals surface area contributed by atoms with Crippen molar-refractivity contribution in [1.82, 2.24) is 9.97 Å². The van der Waals surface area contributed by atoms with Crippen LogP contribution in [0, 0.1) is 11.3 Å². The topological polar surface area (TPSA) is 83.7 Å². The van der Waals surface area contributed by atoms with Crippen LogP contribution in [-0.4, -0.2) is 24.6 Å². The molecule has 0 atom stereocenters. The standard InChI is InChI=1S/C13H8F3N3O2S/c1-22(20,21)12-18-10(6-11(19-12)13(14,15)16)9-4-2-3-8(5-9)7-17/h2-6H,1H3. The van der Waals surface area contributed by atoms with Crippen molar-refractivity contribution < 1.29 is 21.6 Å². The Labute approximate surface area is 124 Å². The fraction of sp³-hybridized carbons (Fsp3) is 0.154. The van der Waals surface area contributed by atoms with Gasteiger partial charge in [-0.3, -0.25) is 0 Å². The first-order valence-corrected chi connectivity index (χ1v) is 7.67. The van der Waals surface area contributed by atoms with Crippen molar-refractivity contribution >= 4 is 9.84 Å². The van der Waals surface area contributed by atoms with Gasteiger partial charge in [-0.15, -0.1) is 0 Å². The summed E-state index contributed by atoms with van der Waals surface area (Å²) in [6.45, 7) is 0. The number of rotatable bonds is 2. The van der Waals surface area contributed by atoms with Gasteiger partial charge in [-0.25, -0.2) is 18.4 Å². The van der Waals surface area contributed by atoms with Gasteiger partial charge in [0.1, 0.15) is 5.69 Å². The molecule has 0 radical (unpaired) electrons. The Morgan fingerprint density at radius 1 is 1.18 bits per heavy atom. The van der Waals surface area contributed by atoms with E-state index in [1.165, 1.54) is 24.3 Å². The lowest BCUT2D eigenvalue weighted by Crippen LogP contribution is -2.14. The number of halogens is 3. The Morgan fingerprint density at radius 3 is 2.41 bits per heavy atom. The second-order valence-corrected chi connectivity index (χ2v) is 6.29. The van der Waals surface area contributed by atoms with Crippen LogP contribution in [0.25, 0.3) is 11.3 Å². The Morgan fingerprint density at radius 2 is 1.86 bits per heavy atom. The fourth-order valence-corrected chi connectivity index (χ4v) is 2.16. The number of nitriles is 1. The highest BCUT2D eigenvalue weighted by atomic mass is 32.2. The zero-order valence-electron chi connectivity index (χ0n) is 11.1. The van der Waals surface area contributed by atoms with Crippen molar-refractivity contribution in [1.29, 1.82) is 5.26 Å². The third kappa shape index (κ3) is 3.40. The zero-order valence-corrected chi connectivity index (χ0v) is 11.9. The van der Waals surface area contributed by atoms with E-state index in [-0.39, 0.29) is 16.8 Å². The molecule has 2 aromatic rings. The molecule has 1 aromatic heterocycles. The van der Waals surface area contributed by atoms with Gasteiger partial charge in [-0.1, -0.05) is 12.1 Å². The molecule has 0 aliphatic heterocycles. The average molecular weight is 327 g/mol. The molecule has 2 rings (SSSR count). The lowest BCUT2D eigenvalue weighted by Gasteiger charge is -2.10. The summed E-state index contributed by atoms with van der Waals surface area (Å²) in [5.41, 5.74) is -1.18. The summed E-state index contributed by atoms with van der Waals surface area (Å²) in [6.07, 6.45) is -4.10. The van der Waals surface area contributed by atoms with Crippen LogP contribution in [0.1, 0.15) is 11.3 Å². The van der Waals surface area contributed by atoms with E-state index >= 15 is 0 Å². The molecule has 9 heteroatoms. The van der Waals surface area contributed by atoms with Crippen molar-refractivity contribution in [2.45, 2.75) is 11.3 Å². The molecule has 0 fully saturated rings. The lowest BCUT2D eigenvalue weighted by molar-refractivity contribution is -0.141. The third-order valence-corrected chi connectivity index (χ3v) is 3.46. The quantitative estimate of drug-likeness (QED) is 0.791. The van der Waals surface area contributed by atoms with E-state index in [1.807, 2.05) is 6.07 Å². The van der Waals surface area contributed by atoms with Crippen molar-refractivity contribution in [2.75, 3.05) is 6.26 Å². The molecule has 0 bridgehead atoms. The van der Waals surface area contributed by atoms with Gasteiger partial charge < -0.3 is 0 Å². The van der Waals surface area contributed by atoms with Crippen LogP contribution < -0.4 is 0 Å². The average Bonchev–Trinajstić information content (AvgIpc) is 2.45. The smallest absolute Gasteiger partial charge is 0.221 e. The normalized spacial score (nSPS) is 12.0. The Hall–Kier alpha value is -2.47. The number of hydrogen-bond donors (Lipinski definition) is 0. The molecule has 0 spiro atoms. The molecule has 0 aliphatic rings. The molecule has 0 saturated carbocycles. The maximum Gasteiger partial charge on any atom is 0.433 e. The first-order chi connectivity index (χ1) is 10.1. The first kappa shape index (κ1) is 15.9. The van der Waals surface area contributed by atoms with Crippen LogP contribution in [0.2, 0.25) is 0 Å². The number of sulfone groups is 1. The largest absolute Gasteiger partial charge is 0.433 e. The molecular weight excluding hydrogens is 319 g/mol. The first-order valence-electron chi connectivity index (χ1n) is 5.78. The van der Waals surface area contributed by atoms with Crippen molar-refractivity contribution in [3.05, 3.63) is 41.6 Å². The number of nitrogens with zero attached hydrogens (tertiary/aromatic N) is 3. The van der Waals surface area contributed by atoms with E-state index in [0.717, 1.165) is 6.26 Å². The summed E-state index contributed by atoms with van der Waals surface area (Å²) >= 11 is 0. The molecule has 22 heavy (non-hydrogen) atoms. The fourth-order valence-electron chi connectivity index (χ4n) is 1.63. The zero-order chi connectivity index (χ0) is 16.5. The molecule has 0 unspecified atom stereocenters. The van der Waals surface area contributed by atoms with Crippen LogP contribution in [0.5, 0.6) is 0 Å². The minimum atomic E-state index is -4.82. The lowest BCUT2D eigenvalue weighted by atomic mass is 10.1. The minimum absolute atomic E-state index is 0.192. The number of aromatic nitrogens is 2. The van der Waals surface area contributed by atoms with Gasteiger partial charge in [-0.2, -0.15) is 18.4 Å². The van der Waals surface area contributed by atoms with Crippen molar-refractivity contribution in [2.24, 2.45) is 0 Å². The highest BCUT2D eigenvalue weighted by Crippen LogP contribution is 2.31. The predicted octanol–water partition coefficient (Wildman–Crippen LogP) is 2.44. The number of hydrogen-bond acceptors (Lipinski definition) is 5. The van der Waals surface area contributed by atoms with Crippen LogP contribution in [0.4, 0.5) is 13.2 Å². The molecule has 0 N–H and O–H groups in total. The van der Waals surface area contributed by atoms with E-state index in [4.69, 9.17) is 5.26 Å². The Balaban J connectivity index is 2.73. The SMILES string of the molecule is CS(=O)(=O)c1nc(-c2cccc(C#N)c2)cc(C(F)(F)F)n1. The van der Waals surface area contributed by atoms with Gasteiger partial charge in [0, 0.05) is 11.8 Å². The summed E-state index contributed by atoms with van der Waals surface area (Å²) < 4.78 is 61.5. The van der Waals surface area contributed by atoms with Crippen LogP contribution in [0.15, 0.2) is 35.5 Å². The monoisotopic (exact) mass is 327 g/mol. The molecule has 1 heterocycles. The molecule has 0 saturated heterocycles. The second-order valence-electron chi connectivity index (χ2n) is 4.38. The van der Waals surface area contributed by atoms with E-state index in [2.05, 4.69) is 9.97 Å². The predicted molar refractivity (Wildman–Crippen MR) is 70.3 cm³/mol. The summed E-state index contributed by atoms with van der Waals surface area (Å²) in [5.74, 6) is 0. The van der Waals surface area contributed by atoms with E-state index < -0.39 is 26.9 Å². The van der Waals surface area contributed by atoms with E-state index in [9.17, 15) is 21.6 Å². The van der Waals surface area contributed by atoms with Gasteiger partial charge in [0.2, 0.25) is 15.0 Å². The summed E-state index contributed by atoms with van der Waals surface area (Å²) in [5, 5.41) is 7.90. The maximum absolute atomic E-state index is 12.9. The maximum atomic E-state index is 12.9. The van der Waals surface area contributed by atoms with Crippen molar-refractivity contribution in [3.8, 4) is 17.3 Å². The number of benzene rings is 1.